The predicted octanol–water partition coefficient (Wildman–Crippen LogP) is 3.35. The summed E-state index contributed by atoms with van der Waals surface area (Å²) in [5, 5.41) is 8.46. The highest BCUT2D eigenvalue weighted by molar-refractivity contribution is 5.80. The van der Waals surface area contributed by atoms with E-state index >= 15 is 0 Å². The molecule has 0 aliphatic rings. The molecule has 0 bridgehead atoms. The first-order valence-electron chi connectivity index (χ1n) is 7.21. The van der Waals surface area contributed by atoms with E-state index in [0.717, 1.165) is 29.6 Å². The lowest BCUT2D eigenvalue weighted by Crippen LogP contribution is -2.19. The van der Waals surface area contributed by atoms with E-state index in [-0.39, 0.29) is 6.04 Å². The van der Waals surface area contributed by atoms with Crippen molar-refractivity contribution in [3.8, 4) is 11.5 Å². The van der Waals surface area contributed by atoms with Crippen molar-refractivity contribution in [2.24, 2.45) is 0 Å². The maximum atomic E-state index is 5.33. The van der Waals surface area contributed by atoms with E-state index in [1.165, 1.54) is 0 Å². The lowest BCUT2D eigenvalue weighted by Gasteiger charge is -2.06. The predicted molar refractivity (Wildman–Crippen MR) is 81.7 cm³/mol. The van der Waals surface area contributed by atoms with Crippen LogP contribution >= 0.6 is 0 Å². The highest BCUT2D eigenvalue weighted by atomic mass is 16.5. The van der Waals surface area contributed by atoms with Gasteiger partial charge in [-0.05, 0) is 32.0 Å². The van der Waals surface area contributed by atoms with Gasteiger partial charge in [-0.2, -0.15) is 4.98 Å². The number of aromatic nitrogens is 3. The number of pyridine rings is 1. The molecule has 0 spiro atoms. The smallest absolute Gasteiger partial charge is 0.243 e. The lowest BCUT2D eigenvalue weighted by molar-refractivity contribution is 0.340. The molecular weight excluding hydrogens is 264 g/mol. The number of rotatable bonds is 5. The first-order valence-corrected chi connectivity index (χ1v) is 7.21. The minimum Gasteiger partial charge on any atom is -0.337 e. The molecule has 0 aliphatic carbocycles. The third-order valence-corrected chi connectivity index (χ3v) is 3.34. The Morgan fingerprint density at radius 1 is 1.14 bits per heavy atom. The maximum Gasteiger partial charge on any atom is 0.243 e. The van der Waals surface area contributed by atoms with Crippen LogP contribution < -0.4 is 5.32 Å². The zero-order valence-corrected chi connectivity index (χ0v) is 12.2. The molecule has 108 valence electrons. The molecule has 0 aliphatic heterocycles. The van der Waals surface area contributed by atoms with E-state index in [1.54, 1.807) is 0 Å². The van der Waals surface area contributed by atoms with Crippen LogP contribution in [0.5, 0.6) is 0 Å². The van der Waals surface area contributed by atoms with Gasteiger partial charge in [-0.3, -0.25) is 0 Å². The van der Waals surface area contributed by atoms with Crippen molar-refractivity contribution < 1.29 is 4.52 Å². The standard InChI is InChI=1S/C16H18N4O/c1-3-10-17-11(2)16-19-15(20-21-16)14-9-8-12-6-4-5-7-13(12)18-14/h4-9,11,17H,3,10H2,1-2H3. The first-order chi connectivity index (χ1) is 10.3. The van der Waals surface area contributed by atoms with Crippen LogP contribution in [0.15, 0.2) is 40.9 Å². The Labute approximate surface area is 123 Å². The van der Waals surface area contributed by atoms with Crippen LogP contribution in [-0.2, 0) is 0 Å². The summed E-state index contributed by atoms with van der Waals surface area (Å²) in [7, 11) is 0. The van der Waals surface area contributed by atoms with Crippen molar-refractivity contribution in [2.45, 2.75) is 26.3 Å². The highest BCUT2D eigenvalue weighted by Crippen LogP contribution is 2.20. The Hall–Kier alpha value is -2.27. The highest BCUT2D eigenvalue weighted by Gasteiger charge is 2.15. The molecule has 2 heterocycles. The average molecular weight is 282 g/mol. The van der Waals surface area contributed by atoms with Gasteiger partial charge in [0.15, 0.2) is 0 Å². The number of hydrogen-bond donors (Lipinski definition) is 1. The van der Waals surface area contributed by atoms with E-state index in [0.29, 0.717) is 11.7 Å². The van der Waals surface area contributed by atoms with E-state index in [4.69, 9.17) is 4.52 Å². The zero-order chi connectivity index (χ0) is 14.7. The number of fused-ring (bicyclic) bond motifs is 1. The van der Waals surface area contributed by atoms with E-state index in [2.05, 4.69) is 27.4 Å². The second kappa shape index (κ2) is 6.01. The molecule has 1 atom stereocenters. The van der Waals surface area contributed by atoms with E-state index < -0.39 is 0 Å². The molecule has 1 aromatic carbocycles. The van der Waals surface area contributed by atoms with Gasteiger partial charge in [-0.1, -0.05) is 36.3 Å². The molecule has 0 saturated heterocycles. The Morgan fingerprint density at radius 3 is 2.86 bits per heavy atom. The van der Waals surface area contributed by atoms with Crippen LogP contribution in [0.1, 0.15) is 32.2 Å². The third-order valence-electron chi connectivity index (χ3n) is 3.34. The van der Waals surface area contributed by atoms with Crippen molar-refractivity contribution in [2.75, 3.05) is 6.54 Å². The Morgan fingerprint density at radius 2 is 2.00 bits per heavy atom. The molecular formula is C16H18N4O. The average Bonchev–Trinajstić information content (AvgIpc) is 3.02. The number of hydrogen-bond acceptors (Lipinski definition) is 5. The minimum absolute atomic E-state index is 0.0478. The van der Waals surface area contributed by atoms with Crippen molar-refractivity contribution in [1.29, 1.82) is 0 Å². The third kappa shape index (κ3) is 2.92. The van der Waals surface area contributed by atoms with Gasteiger partial charge >= 0.3 is 0 Å². The summed E-state index contributed by atoms with van der Waals surface area (Å²) in [6.07, 6.45) is 1.07. The number of para-hydroxylation sites is 1. The van der Waals surface area contributed by atoms with Gasteiger partial charge in [-0.15, -0.1) is 0 Å². The summed E-state index contributed by atoms with van der Waals surface area (Å²) >= 11 is 0. The molecule has 0 radical (unpaired) electrons. The summed E-state index contributed by atoms with van der Waals surface area (Å²) in [5.41, 5.74) is 1.66. The van der Waals surface area contributed by atoms with Crippen LogP contribution in [-0.4, -0.2) is 21.7 Å². The first kappa shape index (κ1) is 13.7. The SMILES string of the molecule is CCCNC(C)c1nc(-c2ccc3ccccc3n2)no1. The monoisotopic (exact) mass is 282 g/mol. The fraction of sp³-hybridized carbons (Fsp3) is 0.312. The van der Waals surface area contributed by atoms with Gasteiger partial charge < -0.3 is 9.84 Å². The van der Waals surface area contributed by atoms with Gasteiger partial charge in [0.05, 0.1) is 11.6 Å². The van der Waals surface area contributed by atoms with Crippen LogP contribution in [0.3, 0.4) is 0 Å². The molecule has 1 unspecified atom stereocenters. The Kier molecular flexibility index (Phi) is 3.92. The second-order valence-corrected chi connectivity index (χ2v) is 5.02. The van der Waals surface area contributed by atoms with Crippen molar-refractivity contribution in [1.82, 2.24) is 20.4 Å². The van der Waals surface area contributed by atoms with Crippen molar-refractivity contribution in [3.05, 3.63) is 42.3 Å². The topological polar surface area (TPSA) is 63.8 Å². The molecule has 5 heteroatoms. The van der Waals surface area contributed by atoms with Gasteiger partial charge in [0.25, 0.3) is 0 Å². The molecule has 5 nitrogen and oxygen atoms in total. The van der Waals surface area contributed by atoms with Gasteiger partial charge in [0, 0.05) is 5.39 Å². The number of benzene rings is 1. The molecule has 0 amide bonds. The van der Waals surface area contributed by atoms with Gasteiger partial charge in [0.1, 0.15) is 5.69 Å². The van der Waals surface area contributed by atoms with E-state index in [9.17, 15) is 0 Å². The second-order valence-electron chi connectivity index (χ2n) is 5.02. The van der Waals surface area contributed by atoms with Crippen LogP contribution in [0.25, 0.3) is 22.4 Å². The van der Waals surface area contributed by atoms with Crippen LogP contribution in [0.4, 0.5) is 0 Å². The molecule has 3 rings (SSSR count). The molecule has 2 aromatic heterocycles. The van der Waals surface area contributed by atoms with Crippen LogP contribution in [0.2, 0.25) is 0 Å². The number of nitrogens with zero attached hydrogens (tertiary/aromatic N) is 3. The normalized spacial score (nSPS) is 12.7. The molecule has 1 N–H and O–H groups in total. The number of nitrogens with one attached hydrogen (secondary N) is 1. The van der Waals surface area contributed by atoms with Gasteiger partial charge in [0.2, 0.25) is 11.7 Å². The fourth-order valence-electron chi connectivity index (χ4n) is 2.15. The van der Waals surface area contributed by atoms with Crippen molar-refractivity contribution in [3.63, 3.8) is 0 Å². The van der Waals surface area contributed by atoms with E-state index in [1.807, 2.05) is 43.3 Å². The van der Waals surface area contributed by atoms with Gasteiger partial charge in [-0.25, -0.2) is 4.98 Å². The zero-order valence-electron chi connectivity index (χ0n) is 12.2. The molecule has 3 aromatic rings. The van der Waals surface area contributed by atoms with Crippen LogP contribution in [0, 0.1) is 0 Å². The lowest BCUT2D eigenvalue weighted by atomic mass is 10.2. The maximum absolute atomic E-state index is 5.33. The summed E-state index contributed by atoms with van der Waals surface area (Å²) in [4.78, 5) is 9.01. The fourth-order valence-corrected chi connectivity index (χ4v) is 2.15. The summed E-state index contributed by atoms with van der Waals surface area (Å²) in [5.74, 6) is 1.12. The largest absolute Gasteiger partial charge is 0.337 e. The molecule has 0 saturated carbocycles. The molecule has 0 fully saturated rings. The quantitative estimate of drug-likeness (QED) is 0.777. The Bertz CT molecular complexity index is 738. The Balaban J connectivity index is 1.87. The van der Waals surface area contributed by atoms with Crippen molar-refractivity contribution >= 4 is 10.9 Å². The minimum atomic E-state index is 0.0478. The summed E-state index contributed by atoms with van der Waals surface area (Å²) in [6.45, 7) is 5.06. The summed E-state index contributed by atoms with van der Waals surface area (Å²) < 4.78 is 5.33. The molecule has 21 heavy (non-hydrogen) atoms. The summed E-state index contributed by atoms with van der Waals surface area (Å²) in [6, 6.07) is 12.0.